The van der Waals surface area contributed by atoms with Crippen molar-refractivity contribution in [1.29, 1.82) is 0 Å². The van der Waals surface area contributed by atoms with Gasteiger partial charge >= 0.3 is 0 Å². The second-order valence-corrected chi connectivity index (χ2v) is 7.32. The SMILES string of the molecule is CCC(CC)[C@@H](CNC(=O)CCc1cc(OC)cc(OC)c1)N1CCOCC1. The summed E-state index contributed by atoms with van der Waals surface area (Å²) in [6, 6.07) is 6.12. The normalized spacial score (nSPS) is 16.0. The highest BCUT2D eigenvalue weighted by atomic mass is 16.5. The lowest BCUT2D eigenvalue weighted by Crippen LogP contribution is -2.52. The number of nitrogens with zero attached hydrogens (tertiary/aromatic N) is 1. The zero-order valence-corrected chi connectivity index (χ0v) is 17.8. The van der Waals surface area contributed by atoms with Crippen LogP contribution in [-0.2, 0) is 16.0 Å². The summed E-state index contributed by atoms with van der Waals surface area (Å²) in [6.07, 6.45) is 3.36. The molecule has 6 nitrogen and oxygen atoms in total. The molecule has 1 saturated heterocycles. The van der Waals surface area contributed by atoms with Crippen LogP contribution in [0.1, 0.15) is 38.7 Å². The Morgan fingerprint density at radius 1 is 1.11 bits per heavy atom. The molecule has 1 fully saturated rings. The molecule has 1 aromatic carbocycles. The van der Waals surface area contributed by atoms with Gasteiger partial charge in [0.1, 0.15) is 11.5 Å². The lowest BCUT2D eigenvalue weighted by molar-refractivity contribution is -0.121. The molecule has 0 spiro atoms. The van der Waals surface area contributed by atoms with Gasteiger partial charge in [-0.3, -0.25) is 9.69 Å². The summed E-state index contributed by atoms with van der Waals surface area (Å²) >= 11 is 0. The van der Waals surface area contributed by atoms with Crippen LogP contribution >= 0.6 is 0 Å². The van der Waals surface area contributed by atoms with E-state index in [-0.39, 0.29) is 5.91 Å². The van der Waals surface area contributed by atoms with Gasteiger partial charge in [0, 0.05) is 38.2 Å². The van der Waals surface area contributed by atoms with Gasteiger partial charge in [-0.2, -0.15) is 0 Å². The summed E-state index contributed by atoms with van der Waals surface area (Å²) in [4.78, 5) is 15.0. The number of amides is 1. The largest absolute Gasteiger partial charge is 0.497 e. The van der Waals surface area contributed by atoms with Crippen molar-refractivity contribution in [3.05, 3.63) is 23.8 Å². The lowest BCUT2D eigenvalue weighted by atomic mass is 9.92. The molecule has 0 unspecified atom stereocenters. The molecule has 1 amide bonds. The Kier molecular flexibility index (Phi) is 9.58. The molecule has 1 aromatic rings. The van der Waals surface area contributed by atoms with Gasteiger partial charge in [0.25, 0.3) is 0 Å². The molecule has 0 saturated carbocycles. The second-order valence-electron chi connectivity index (χ2n) is 7.32. The number of morpholine rings is 1. The molecule has 0 aromatic heterocycles. The molecular formula is C22H36N2O4. The van der Waals surface area contributed by atoms with E-state index in [0.717, 1.165) is 56.2 Å². The third kappa shape index (κ3) is 6.67. The minimum Gasteiger partial charge on any atom is -0.497 e. The Labute approximate surface area is 169 Å². The average Bonchev–Trinajstić information content (AvgIpc) is 2.75. The van der Waals surface area contributed by atoms with Crippen molar-refractivity contribution in [2.24, 2.45) is 5.92 Å². The van der Waals surface area contributed by atoms with Crippen molar-refractivity contribution in [1.82, 2.24) is 10.2 Å². The maximum absolute atomic E-state index is 12.5. The third-order valence-electron chi connectivity index (χ3n) is 5.67. The zero-order chi connectivity index (χ0) is 20.4. The van der Waals surface area contributed by atoms with Crippen molar-refractivity contribution in [2.45, 2.75) is 45.6 Å². The van der Waals surface area contributed by atoms with Gasteiger partial charge in [0.05, 0.1) is 27.4 Å². The molecule has 1 atom stereocenters. The average molecular weight is 393 g/mol. The maximum atomic E-state index is 12.5. The van der Waals surface area contributed by atoms with Gasteiger partial charge < -0.3 is 19.5 Å². The van der Waals surface area contributed by atoms with Gasteiger partial charge in [0.2, 0.25) is 5.91 Å². The van der Waals surface area contributed by atoms with Gasteiger partial charge in [-0.25, -0.2) is 0 Å². The van der Waals surface area contributed by atoms with Crippen molar-refractivity contribution in [3.63, 3.8) is 0 Å². The van der Waals surface area contributed by atoms with E-state index < -0.39 is 0 Å². The summed E-state index contributed by atoms with van der Waals surface area (Å²) < 4.78 is 16.1. The Hall–Kier alpha value is -1.79. The fraction of sp³-hybridized carbons (Fsp3) is 0.682. The van der Waals surface area contributed by atoms with E-state index in [1.807, 2.05) is 18.2 Å². The van der Waals surface area contributed by atoms with Crippen LogP contribution in [0.4, 0.5) is 0 Å². The number of carbonyl (C=O) groups excluding carboxylic acids is 1. The summed E-state index contributed by atoms with van der Waals surface area (Å²) in [6.45, 7) is 8.62. The number of rotatable bonds is 11. The summed E-state index contributed by atoms with van der Waals surface area (Å²) in [7, 11) is 3.27. The zero-order valence-electron chi connectivity index (χ0n) is 17.8. The predicted octanol–water partition coefficient (Wildman–Crippen LogP) is 2.89. The first-order valence-corrected chi connectivity index (χ1v) is 10.4. The molecule has 158 valence electrons. The molecule has 2 rings (SSSR count). The van der Waals surface area contributed by atoms with Crippen LogP contribution in [0.15, 0.2) is 18.2 Å². The minimum absolute atomic E-state index is 0.0889. The highest BCUT2D eigenvalue weighted by Crippen LogP contribution is 2.23. The number of nitrogens with one attached hydrogen (secondary N) is 1. The quantitative estimate of drug-likeness (QED) is 0.627. The minimum atomic E-state index is 0.0889. The predicted molar refractivity (Wildman–Crippen MR) is 111 cm³/mol. The van der Waals surface area contributed by atoms with Gasteiger partial charge in [-0.05, 0) is 30.0 Å². The summed E-state index contributed by atoms with van der Waals surface area (Å²) in [5, 5.41) is 3.17. The first-order chi connectivity index (χ1) is 13.6. The van der Waals surface area contributed by atoms with Crippen molar-refractivity contribution < 1.29 is 19.0 Å². The van der Waals surface area contributed by atoms with Crippen molar-refractivity contribution in [3.8, 4) is 11.5 Å². The molecule has 1 aliphatic rings. The number of aryl methyl sites for hydroxylation is 1. The smallest absolute Gasteiger partial charge is 0.220 e. The topological polar surface area (TPSA) is 60.0 Å². The van der Waals surface area contributed by atoms with Crippen molar-refractivity contribution >= 4 is 5.91 Å². The molecule has 1 heterocycles. The number of carbonyl (C=O) groups is 1. The van der Waals surface area contributed by atoms with Gasteiger partial charge in [-0.1, -0.05) is 26.7 Å². The van der Waals surface area contributed by atoms with Crippen LogP contribution in [-0.4, -0.2) is 63.9 Å². The van der Waals surface area contributed by atoms with E-state index in [0.29, 0.717) is 31.3 Å². The maximum Gasteiger partial charge on any atom is 0.220 e. The summed E-state index contributed by atoms with van der Waals surface area (Å²) in [5.74, 6) is 2.17. The lowest BCUT2D eigenvalue weighted by Gasteiger charge is -2.38. The Bertz CT molecular complexity index is 576. The fourth-order valence-electron chi connectivity index (χ4n) is 3.91. The molecule has 0 radical (unpaired) electrons. The molecule has 6 heteroatoms. The van der Waals surface area contributed by atoms with Crippen LogP contribution in [0.3, 0.4) is 0 Å². The second kappa shape index (κ2) is 11.9. The molecule has 1 N–H and O–H groups in total. The van der Waals surface area contributed by atoms with Crippen LogP contribution in [0.2, 0.25) is 0 Å². The van der Waals surface area contributed by atoms with E-state index in [1.165, 1.54) is 0 Å². The standard InChI is InChI=1S/C22H36N2O4/c1-5-18(6-2)21(24-9-11-28-12-10-24)16-23-22(25)8-7-17-13-19(26-3)15-20(14-17)27-4/h13-15,18,21H,5-12,16H2,1-4H3,(H,23,25)/t21-/m1/s1. The van der Waals surface area contributed by atoms with Gasteiger partial charge in [-0.15, -0.1) is 0 Å². The summed E-state index contributed by atoms with van der Waals surface area (Å²) in [5.41, 5.74) is 1.04. The monoisotopic (exact) mass is 392 g/mol. The molecular weight excluding hydrogens is 356 g/mol. The highest BCUT2D eigenvalue weighted by molar-refractivity contribution is 5.76. The van der Waals surface area contributed by atoms with E-state index in [2.05, 4.69) is 24.1 Å². The number of methoxy groups -OCH3 is 2. The van der Waals surface area contributed by atoms with Crippen molar-refractivity contribution in [2.75, 3.05) is 47.1 Å². The molecule has 1 aliphatic heterocycles. The Morgan fingerprint density at radius 2 is 1.71 bits per heavy atom. The number of ether oxygens (including phenoxy) is 3. The number of benzene rings is 1. The van der Waals surface area contributed by atoms with Crippen LogP contribution in [0.25, 0.3) is 0 Å². The van der Waals surface area contributed by atoms with E-state index >= 15 is 0 Å². The first kappa shape index (κ1) is 22.5. The first-order valence-electron chi connectivity index (χ1n) is 10.4. The number of hydrogen-bond donors (Lipinski definition) is 1. The highest BCUT2D eigenvalue weighted by Gasteiger charge is 2.27. The van der Waals surface area contributed by atoms with E-state index in [4.69, 9.17) is 14.2 Å². The molecule has 28 heavy (non-hydrogen) atoms. The number of hydrogen-bond acceptors (Lipinski definition) is 5. The van der Waals surface area contributed by atoms with Gasteiger partial charge in [0.15, 0.2) is 0 Å². The van der Waals surface area contributed by atoms with Crippen LogP contribution < -0.4 is 14.8 Å². The van der Waals surface area contributed by atoms with Crippen LogP contribution in [0.5, 0.6) is 11.5 Å². The Balaban J connectivity index is 1.90. The molecule has 0 bridgehead atoms. The van der Waals surface area contributed by atoms with E-state index in [1.54, 1.807) is 14.2 Å². The fourth-order valence-corrected chi connectivity index (χ4v) is 3.91. The van der Waals surface area contributed by atoms with E-state index in [9.17, 15) is 4.79 Å². The Morgan fingerprint density at radius 3 is 2.25 bits per heavy atom. The van der Waals surface area contributed by atoms with Crippen LogP contribution in [0, 0.1) is 5.92 Å². The third-order valence-corrected chi connectivity index (χ3v) is 5.67. The molecule has 0 aliphatic carbocycles.